The predicted octanol–water partition coefficient (Wildman–Crippen LogP) is 6.76. The molecule has 0 amide bonds. The molecule has 0 unspecified atom stereocenters. The molecular formula is C25H23N. The summed E-state index contributed by atoms with van der Waals surface area (Å²) in [6.45, 7) is 2.24. The number of aromatic nitrogens is 1. The summed E-state index contributed by atoms with van der Waals surface area (Å²) in [6.07, 6.45) is 2.22. The van der Waals surface area contributed by atoms with Gasteiger partial charge in [0.1, 0.15) is 0 Å². The molecule has 1 nitrogen and oxygen atoms in total. The highest BCUT2D eigenvalue weighted by atomic mass is 15.0. The third kappa shape index (κ3) is 3.09. The highest BCUT2D eigenvalue weighted by Gasteiger charge is 2.15. The van der Waals surface area contributed by atoms with Crippen molar-refractivity contribution in [1.29, 1.82) is 0 Å². The van der Waals surface area contributed by atoms with E-state index in [1.165, 1.54) is 33.8 Å². The molecule has 4 aromatic rings. The van der Waals surface area contributed by atoms with Crippen LogP contribution in [0, 0.1) is 0 Å². The van der Waals surface area contributed by atoms with Gasteiger partial charge < -0.3 is 4.57 Å². The molecule has 0 N–H and O–H groups in total. The van der Waals surface area contributed by atoms with Crippen molar-refractivity contribution in [3.8, 4) is 28.2 Å². The maximum absolute atomic E-state index is 2.41. The Morgan fingerprint density at radius 2 is 1.08 bits per heavy atom. The maximum Gasteiger partial charge on any atom is 0.0535 e. The lowest BCUT2D eigenvalue weighted by molar-refractivity contribution is 0.903. The van der Waals surface area contributed by atoms with Crippen molar-refractivity contribution in [1.82, 2.24) is 4.57 Å². The molecule has 1 heteroatoms. The summed E-state index contributed by atoms with van der Waals surface area (Å²) in [7, 11) is 0. The van der Waals surface area contributed by atoms with Gasteiger partial charge >= 0.3 is 0 Å². The van der Waals surface area contributed by atoms with E-state index in [0.29, 0.717) is 0 Å². The lowest BCUT2D eigenvalue weighted by Crippen LogP contribution is -2.03. The summed E-state index contributed by atoms with van der Waals surface area (Å²) in [5.74, 6) is 0. The van der Waals surface area contributed by atoms with Gasteiger partial charge in [0, 0.05) is 5.69 Å². The van der Waals surface area contributed by atoms with E-state index in [1.54, 1.807) is 0 Å². The van der Waals surface area contributed by atoms with Gasteiger partial charge in [0.05, 0.1) is 11.4 Å². The summed E-state index contributed by atoms with van der Waals surface area (Å²) in [5, 5.41) is 0. The predicted molar refractivity (Wildman–Crippen MR) is 111 cm³/mol. The average Bonchev–Trinajstić information content (AvgIpc) is 3.15. The van der Waals surface area contributed by atoms with Crippen LogP contribution in [0.2, 0.25) is 0 Å². The first-order valence-corrected chi connectivity index (χ1v) is 9.29. The van der Waals surface area contributed by atoms with Gasteiger partial charge in [0.25, 0.3) is 0 Å². The van der Waals surface area contributed by atoms with Crippen molar-refractivity contribution in [2.75, 3.05) is 0 Å². The van der Waals surface area contributed by atoms with Crippen molar-refractivity contribution >= 4 is 0 Å². The minimum atomic E-state index is 1.08. The van der Waals surface area contributed by atoms with E-state index >= 15 is 0 Å². The number of para-hydroxylation sites is 1. The van der Waals surface area contributed by atoms with Gasteiger partial charge in [-0.3, -0.25) is 0 Å². The van der Waals surface area contributed by atoms with Crippen LogP contribution in [0.25, 0.3) is 28.2 Å². The number of rotatable bonds is 5. The molecule has 3 aromatic carbocycles. The first-order valence-electron chi connectivity index (χ1n) is 9.29. The van der Waals surface area contributed by atoms with E-state index in [0.717, 1.165) is 12.8 Å². The molecule has 0 fully saturated rings. The molecule has 0 aliphatic rings. The fourth-order valence-electron chi connectivity index (χ4n) is 3.57. The Bertz CT molecular complexity index is 924. The molecule has 1 heterocycles. The summed E-state index contributed by atoms with van der Waals surface area (Å²) in [5.41, 5.74) is 7.60. The second-order valence-corrected chi connectivity index (χ2v) is 6.55. The van der Waals surface area contributed by atoms with Crippen molar-refractivity contribution in [2.24, 2.45) is 0 Å². The minimum absolute atomic E-state index is 1.08. The van der Waals surface area contributed by atoms with Gasteiger partial charge in [0.2, 0.25) is 0 Å². The summed E-state index contributed by atoms with van der Waals surface area (Å²) < 4.78 is 2.41. The fourth-order valence-corrected chi connectivity index (χ4v) is 3.57. The van der Waals surface area contributed by atoms with Crippen LogP contribution >= 0.6 is 0 Å². The minimum Gasteiger partial charge on any atom is -0.309 e. The van der Waals surface area contributed by atoms with Gasteiger partial charge in [-0.2, -0.15) is 0 Å². The molecule has 0 aliphatic carbocycles. The number of nitrogens with zero attached hydrogens (tertiary/aromatic N) is 1. The van der Waals surface area contributed by atoms with Crippen molar-refractivity contribution in [3.05, 3.63) is 103 Å². The molecule has 1 aromatic heterocycles. The Kier molecular flexibility index (Phi) is 4.70. The molecular weight excluding hydrogens is 314 g/mol. The molecule has 128 valence electrons. The third-order valence-corrected chi connectivity index (χ3v) is 4.77. The number of hydrogen-bond acceptors (Lipinski definition) is 0. The summed E-state index contributed by atoms with van der Waals surface area (Å²) >= 11 is 0. The Morgan fingerprint density at radius 3 is 1.62 bits per heavy atom. The largest absolute Gasteiger partial charge is 0.309 e. The second kappa shape index (κ2) is 7.45. The number of aryl methyl sites for hydroxylation is 1. The number of hydrogen-bond donors (Lipinski definition) is 0. The second-order valence-electron chi connectivity index (χ2n) is 6.55. The molecule has 0 atom stereocenters. The maximum atomic E-state index is 2.41. The van der Waals surface area contributed by atoms with Crippen molar-refractivity contribution in [2.45, 2.75) is 19.8 Å². The lowest BCUT2D eigenvalue weighted by atomic mass is 10.1. The molecule has 0 radical (unpaired) electrons. The smallest absolute Gasteiger partial charge is 0.0535 e. The first-order chi connectivity index (χ1) is 12.9. The highest BCUT2D eigenvalue weighted by molar-refractivity contribution is 5.73. The molecule has 0 spiro atoms. The zero-order chi connectivity index (χ0) is 17.8. The lowest BCUT2D eigenvalue weighted by Gasteiger charge is -2.18. The summed E-state index contributed by atoms with van der Waals surface area (Å²) in [6, 6.07) is 34.5. The Labute approximate surface area is 155 Å². The molecule has 0 saturated carbocycles. The zero-order valence-electron chi connectivity index (χ0n) is 15.1. The van der Waals surface area contributed by atoms with Crippen molar-refractivity contribution < 1.29 is 0 Å². The Hall–Kier alpha value is -3.06. The highest BCUT2D eigenvalue weighted by Crippen LogP contribution is 2.33. The quantitative estimate of drug-likeness (QED) is 0.379. The van der Waals surface area contributed by atoms with E-state index in [9.17, 15) is 0 Å². The fraction of sp³-hybridized carbons (Fsp3) is 0.120. The van der Waals surface area contributed by atoms with Gasteiger partial charge in [-0.05, 0) is 41.3 Å². The van der Waals surface area contributed by atoms with E-state index in [2.05, 4.69) is 109 Å². The number of benzene rings is 3. The van der Waals surface area contributed by atoms with Crippen LogP contribution in [0.1, 0.15) is 18.9 Å². The first kappa shape index (κ1) is 16.4. The average molecular weight is 337 g/mol. The zero-order valence-corrected chi connectivity index (χ0v) is 15.1. The van der Waals surface area contributed by atoms with Gasteiger partial charge in [-0.15, -0.1) is 0 Å². The van der Waals surface area contributed by atoms with Crippen LogP contribution < -0.4 is 0 Å². The van der Waals surface area contributed by atoms with E-state index < -0.39 is 0 Å². The summed E-state index contributed by atoms with van der Waals surface area (Å²) in [4.78, 5) is 0. The molecule has 0 saturated heterocycles. The van der Waals surface area contributed by atoms with Crippen LogP contribution in [-0.2, 0) is 6.42 Å². The molecule has 0 aliphatic heterocycles. The van der Waals surface area contributed by atoms with Crippen LogP contribution in [0.4, 0.5) is 0 Å². The van der Waals surface area contributed by atoms with Crippen molar-refractivity contribution in [3.63, 3.8) is 0 Å². The van der Waals surface area contributed by atoms with Crippen LogP contribution in [0.5, 0.6) is 0 Å². The van der Waals surface area contributed by atoms with Gasteiger partial charge in [0.15, 0.2) is 0 Å². The Balaban J connectivity index is 1.98. The molecule has 4 rings (SSSR count). The van der Waals surface area contributed by atoms with Crippen LogP contribution in [0.15, 0.2) is 97.1 Å². The monoisotopic (exact) mass is 337 g/mol. The van der Waals surface area contributed by atoms with E-state index in [1.807, 2.05) is 0 Å². The van der Waals surface area contributed by atoms with E-state index in [4.69, 9.17) is 0 Å². The molecule has 0 bridgehead atoms. The van der Waals surface area contributed by atoms with E-state index in [-0.39, 0.29) is 0 Å². The Morgan fingerprint density at radius 1 is 0.577 bits per heavy atom. The van der Waals surface area contributed by atoms with Gasteiger partial charge in [-0.25, -0.2) is 0 Å². The SMILES string of the molecule is CCCc1ccccc1-n1c(-c2ccccc2)ccc1-c1ccccc1. The van der Waals surface area contributed by atoms with Gasteiger partial charge in [-0.1, -0.05) is 92.2 Å². The topological polar surface area (TPSA) is 4.93 Å². The molecule has 26 heavy (non-hydrogen) atoms. The van der Waals surface area contributed by atoms with Crippen LogP contribution in [-0.4, -0.2) is 4.57 Å². The normalized spacial score (nSPS) is 10.8. The van der Waals surface area contributed by atoms with Crippen LogP contribution in [0.3, 0.4) is 0 Å². The standard InChI is InChI=1S/C25H23N/c1-2-11-20-16-9-10-17-23(20)26-24(21-12-5-3-6-13-21)18-19-25(26)22-14-7-4-8-15-22/h3-10,12-19H,2,11H2,1H3. The third-order valence-electron chi connectivity index (χ3n) is 4.77.